The SMILES string of the molecule is N#C/C(F)=C\C1CCC(C(=O)OC2CCC(c3ccc(F)cc3)CC2)CC1. The van der Waals surface area contributed by atoms with E-state index in [9.17, 15) is 13.6 Å². The standard InChI is InChI=1S/C22H25F2NO2/c23-19-9-5-16(6-10-19)17-7-11-21(12-8-17)27-22(26)18-3-1-15(2-4-18)13-20(24)14-25/h5-6,9-10,13,15,17-18,21H,1-4,7-8,11-12H2/b20-13+. The van der Waals surface area contributed by atoms with Gasteiger partial charge in [-0.15, -0.1) is 0 Å². The molecule has 2 fully saturated rings. The second-order valence-corrected chi connectivity index (χ2v) is 7.70. The summed E-state index contributed by atoms with van der Waals surface area (Å²) in [5, 5.41) is 8.51. The number of benzene rings is 1. The van der Waals surface area contributed by atoms with Crippen LogP contribution in [0.3, 0.4) is 0 Å². The molecule has 0 heterocycles. The van der Waals surface area contributed by atoms with Crippen molar-refractivity contribution >= 4 is 5.97 Å². The maximum absolute atomic E-state index is 13.0. The zero-order valence-electron chi connectivity index (χ0n) is 15.4. The van der Waals surface area contributed by atoms with Crippen molar-refractivity contribution in [2.75, 3.05) is 0 Å². The van der Waals surface area contributed by atoms with Crippen molar-refractivity contribution in [3.8, 4) is 6.07 Å². The van der Waals surface area contributed by atoms with Crippen molar-refractivity contribution in [2.45, 2.75) is 63.4 Å². The number of nitrogens with zero attached hydrogens (tertiary/aromatic N) is 1. The Hall–Kier alpha value is -2.22. The molecule has 27 heavy (non-hydrogen) atoms. The Morgan fingerprint density at radius 1 is 1.04 bits per heavy atom. The van der Waals surface area contributed by atoms with Crippen LogP contribution in [-0.4, -0.2) is 12.1 Å². The average molecular weight is 373 g/mol. The Morgan fingerprint density at radius 3 is 2.26 bits per heavy atom. The predicted molar refractivity (Wildman–Crippen MR) is 97.7 cm³/mol. The zero-order valence-corrected chi connectivity index (χ0v) is 15.4. The van der Waals surface area contributed by atoms with Gasteiger partial charge in [0.05, 0.1) is 5.92 Å². The largest absolute Gasteiger partial charge is 0.462 e. The van der Waals surface area contributed by atoms with Gasteiger partial charge in [-0.1, -0.05) is 12.1 Å². The van der Waals surface area contributed by atoms with E-state index < -0.39 is 5.83 Å². The summed E-state index contributed by atoms with van der Waals surface area (Å²) in [6.45, 7) is 0. The van der Waals surface area contributed by atoms with Gasteiger partial charge in [0.2, 0.25) is 0 Å². The average Bonchev–Trinajstić information content (AvgIpc) is 2.69. The molecule has 0 unspecified atom stereocenters. The fourth-order valence-corrected chi connectivity index (χ4v) is 4.28. The molecular formula is C22H25F2NO2. The van der Waals surface area contributed by atoms with E-state index >= 15 is 0 Å². The zero-order chi connectivity index (χ0) is 19.2. The van der Waals surface area contributed by atoms with Gasteiger partial charge < -0.3 is 4.74 Å². The Balaban J connectivity index is 1.42. The van der Waals surface area contributed by atoms with Crippen LogP contribution in [0.15, 0.2) is 36.2 Å². The van der Waals surface area contributed by atoms with E-state index in [-0.39, 0.29) is 29.7 Å². The van der Waals surface area contributed by atoms with Crippen LogP contribution in [0.2, 0.25) is 0 Å². The maximum Gasteiger partial charge on any atom is 0.309 e. The van der Waals surface area contributed by atoms with E-state index in [1.54, 1.807) is 0 Å². The molecule has 3 nitrogen and oxygen atoms in total. The Morgan fingerprint density at radius 2 is 1.67 bits per heavy atom. The van der Waals surface area contributed by atoms with Crippen LogP contribution in [0, 0.1) is 29.0 Å². The number of rotatable bonds is 4. The molecule has 5 heteroatoms. The van der Waals surface area contributed by atoms with Crippen LogP contribution in [0.5, 0.6) is 0 Å². The number of carbonyl (C=O) groups is 1. The van der Waals surface area contributed by atoms with Crippen LogP contribution in [0.1, 0.15) is 62.8 Å². The summed E-state index contributed by atoms with van der Waals surface area (Å²) in [5.74, 6) is -0.767. The highest BCUT2D eigenvalue weighted by Gasteiger charge is 2.30. The first-order valence-electron chi connectivity index (χ1n) is 9.78. The van der Waals surface area contributed by atoms with E-state index in [1.807, 2.05) is 12.1 Å². The van der Waals surface area contributed by atoms with Crippen LogP contribution < -0.4 is 0 Å². The quantitative estimate of drug-likeness (QED) is 0.511. The van der Waals surface area contributed by atoms with E-state index in [2.05, 4.69) is 0 Å². The molecule has 0 radical (unpaired) electrons. The fraction of sp³-hybridized carbons (Fsp3) is 0.545. The third kappa shape index (κ3) is 5.38. The highest BCUT2D eigenvalue weighted by Crippen LogP contribution is 2.36. The molecule has 2 saturated carbocycles. The topological polar surface area (TPSA) is 50.1 Å². The first kappa shape index (κ1) is 19.5. The molecule has 0 N–H and O–H groups in total. The van der Waals surface area contributed by atoms with Crippen LogP contribution in [0.4, 0.5) is 8.78 Å². The normalized spacial score (nSPS) is 29.0. The number of ether oxygens (including phenoxy) is 1. The van der Waals surface area contributed by atoms with Crippen molar-refractivity contribution in [3.63, 3.8) is 0 Å². The van der Waals surface area contributed by atoms with E-state index in [0.717, 1.165) is 31.2 Å². The van der Waals surface area contributed by atoms with Crippen LogP contribution in [0.25, 0.3) is 0 Å². The lowest BCUT2D eigenvalue weighted by atomic mass is 9.81. The molecule has 0 bridgehead atoms. The van der Waals surface area contributed by atoms with Crippen molar-refractivity contribution in [1.29, 1.82) is 5.26 Å². The van der Waals surface area contributed by atoms with Gasteiger partial charge in [-0.3, -0.25) is 4.79 Å². The third-order valence-electron chi connectivity index (χ3n) is 5.89. The number of hydrogen-bond acceptors (Lipinski definition) is 3. The molecule has 3 rings (SSSR count). The number of esters is 1. The molecule has 0 saturated heterocycles. The third-order valence-corrected chi connectivity index (χ3v) is 5.89. The molecule has 0 amide bonds. The minimum Gasteiger partial charge on any atom is -0.462 e. The van der Waals surface area contributed by atoms with Crippen LogP contribution in [-0.2, 0) is 9.53 Å². The highest BCUT2D eigenvalue weighted by molar-refractivity contribution is 5.72. The molecule has 0 aliphatic heterocycles. The molecule has 0 atom stereocenters. The predicted octanol–water partition coefficient (Wildman–Crippen LogP) is 5.58. The number of nitriles is 1. The number of carbonyl (C=O) groups excluding carboxylic acids is 1. The van der Waals surface area contributed by atoms with Gasteiger partial charge in [0.15, 0.2) is 5.83 Å². The summed E-state index contributed by atoms with van der Waals surface area (Å²) in [5.41, 5.74) is 1.15. The van der Waals surface area contributed by atoms with Gasteiger partial charge in [0, 0.05) is 0 Å². The van der Waals surface area contributed by atoms with Gasteiger partial charge in [0.25, 0.3) is 0 Å². The van der Waals surface area contributed by atoms with E-state index in [1.165, 1.54) is 24.3 Å². The molecule has 0 spiro atoms. The second kappa shape index (κ2) is 9.12. The fourth-order valence-electron chi connectivity index (χ4n) is 4.28. The van der Waals surface area contributed by atoms with Crippen molar-refractivity contribution < 1.29 is 18.3 Å². The highest BCUT2D eigenvalue weighted by atomic mass is 19.1. The van der Waals surface area contributed by atoms with Gasteiger partial charge in [-0.2, -0.15) is 9.65 Å². The lowest BCUT2D eigenvalue weighted by Gasteiger charge is -2.31. The minimum absolute atomic E-state index is 0.0390. The summed E-state index contributed by atoms with van der Waals surface area (Å²) in [6.07, 6.45) is 7.67. The molecule has 1 aromatic rings. The Labute approximate surface area is 159 Å². The molecular weight excluding hydrogens is 348 g/mol. The number of hydrogen-bond donors (Lipinski definition) is 0. The summed E-state index contributed by atoms with van der Waals surface area (Å²) in [7, 11) is 0. The summed E-state index contributed by atoms with van der Waals surface area (Å²) >= 11 is 0. The first-order chi connectivity index (χ1) is 13.0. The van der Waals surface area contributed by atoms with Gasteiger partial charge >= 0.3 is 5.97 Å². The minimum atomic E-state index is -0.737. The van der Waals surface area contributed by atoms with Crippen molar-refractivity contribution in [2.24, 2.45) is 11.8 Å². The van der Waals surface area contributed by atoms with E-state index in [4.69, 9.17) is 10.00 Å². The maximum atomic E-state index is 13.0. The van der Waals surface area contributed by atoms with Crippen molar-refractivity contribution in [1.82, 2.24) is 0 Å². The van der Waals surface area contributed by atoms with Crippen molar-refractivity contribution in [3.05, 3.63) is 47.5 Å². The van der Waals surface area contributed by atoms with Crippen LogP contribution >= 0.6 is 0 Å². The lowest BCUT2D eigenvalue weighted by molar-refractivity contribution is -0.157. The second-order valence-electron chi connectivity index (χ2n) is 7.70. The van der Waals surface area contributed by atoms with Gasteiger partial charge in [0.1, 0.15) is 18.0 Å². The monoisotopic (exact) mass is 373 g/mol. The lowest BCUT2D eigenvalue weighted by Crippen LogP contribution is -2.29. The number of halogens is 2. The molecule has 2 aliphatic carbocycles. The molecule has 1 aromatic carbocycles. The Kier molecular flexibility index (Phi) is 6.60. The first-order valence-corrected chi connectivity index (χ1v) is 9.78. The van der Waals surface area contributed by atoms with Gasteiger partial charge in [-0.05, 0) is 87.0 Å². The molecule has 144 valence electrons. The molecule has 0 aromatic heterocycles. The smallest absolute Gasteiger partial charge is 0.309 e. The summed E-state index contributed by atoms with van der Waals surface area (Å²) in [4.78, 5) is 12.4. The molecule has 2 aliphatic rings. The summed E-state index contributed by atoms with van der Waals surface area (Å²) in [6, 6.07) is 8.18. The summed E-state index contributed by atoms with van der Waals surface area (Å²) < 4.78 is 31.8. The van der Waals surface area contributed by atoms with E-state index in [0.29, 0.717) is 31.6 Å². The Bertz CT molecular complexity index is 707. The number of allylic oxidation sites excluding steroid dienone is 2. The van der Waals surface area contributed by atoms with Gasteiger partial charge in [-0.25, -0.2) is 4.39 Å².